The number of rotatable bonds is 0. The molecule has 1 spiro atoms. The van der Waals surface area contributed by atoms with Crippen LogP contribution in [0, 0.1) is 5.41 Å². The van der Waals surface area contributed by atoms with Crippen molar-refractivity contribution >= 4 is 5.97 Å². The fourth-order valence-electron chi connectivity index (χ4n) is 1.45. The SMILES string of the molecule is O=C1OCC12CCOCC2. The quantitative estimate of drug-likeness (QED) is 0.457. The molecule has 2 aliphatic rings. The molecule has 0 aromatic carbocycles. The van der Waals surface area contributed by atoms with Crippen molar-refractivity contribution in [2.75, 3.05) is 19.8 Å². The third-order valence-electron chi connectivity index (χ3n) is 2.36. The van der Waals surface area contributed by atoms with E-state index < -0.39 is 0 Å². The van der Waals surface area contributed by atoms with Crippen LogP contribution in [0.3, 0.4) is 0 Å². The summed E-state index contributed by atoms with van der Waals surface area (Å²) in [4.78, 5) is 10.9. The third kappa shape index (κ3) is 0.669. The zero-order valence-corrected chi connectivity index (χ0v) is 5.76. The smallest absolute Gasteiger partial charge is 0.315 e. The number of carbonyl (C=O) groups excluding carboxylic acids is 1. The standard InChI is InChI=1S/C7H10O3/c8-6-7(5-10-6)1-3-9-4-2-7/h1-5H2. The van der Waals surface area contributed by atoms with Crippen LogP contribution in [-0.4, -0.2) is 25.8 Å². The average Bonchev–Trinajstić information content (AvgIpc) is 2.04. The Morgan fingerprint density at radius 2 is 2.00 bits per heavy atom. The molecule has 0 aliphatic carbocycles. The highest BCUT2D eigenvalue weighted by atomic mass is 16.6. The van der Waals surface area contributed by atoms with E-state index in [-0.39, 0.29) is 11.4 Å². The first-order valence-electron chi connectivity index (χ1n) is 3.58. The molecule has 0 saturated carbocycles. The van der Waals surface area contributed by atoms with Gasteiger partial charge in [-0.05, 0) is 12.8 Å². The highest BCUT2D eigenvalue weighted by Crippen LogP contribution is 2.38. The summed E-state index contributed by atoms with van der Waals surface area (Å²) >= 11 is 0. The first-order valence-corrected chi connectivity index (χ1v) is 3.58. The molecule has 56 valence electrons. The van der Waals surface area contributed by atoms with Crippen molar-refractivity contribution in [3.05, 3.63) is 0 Å². The van der Waals surface area contributed by atoms with Gasteiger partial charge in [0.05, 0.1) is 0 Å². The maximum atomic E-state index is 10.9. The maximum Gasteiger partial charge on any atom is 0.315 e. The van der Waals surface area contributed by atoms with Crippen LogP contribution in [0.1, 0.15) is 12.8 Å². The van der Waals surface area contributed by atoms with Gasteiger partial charge in [-0.1, -0.05) is 0 Å². The minimum Gasteiger partial charge on any atom is -0.464 e. The van der Waals surface area contributed by atoms with Crippen LogP contribution >= 0.6 is 0 Å². The van der Waals surface area contributed by atoms with E-state index in [1.165, 1.54) is 0 Å². The topological polar surface area (TPSA) is 35.5 Å². The zero-order valence-electron chi connectivity index (χ0n) is 5.76. The molecule has 2 rings (SSSR count). The first kappa shape index (κ1) is 6.16. The van der Waals surface area contributed by atoms with Crippen LogP contribution in [0.5, 0.6) is 0 Å². The minimum absolute atomic E-state index is 0.0178. The summed E-state index contributed by atoms with van der Waals surface area (Å²) in [7, 11) is 0. The van der Waals surface area contributed by atoms with Gasteiger partial charge < -0.3 is 9.47 Å². The molecule has 0 bridgehead atoms. The number of hydrogen-bond acceptors (Lipinski definition) is 3. The molecule has 0 atom stereocenters. The van der Waals surface area contributed by atoms with Gasteiger partial charge in [-0.2, -0.15) is 0 Å². The van der Waals surface area contributed by atoms with Gasteiger partial charge in [0.1, 0.15) is 12.0 Å². The summed E-state index contributed by atoms with van der Waals surface area (Å²) in [6.07, 6.45) is 1.71. The van der Waals surface area contributed by atoms with Crippen molar-refractivity contribution in [3.63, 3.8) is 0 Å². The van der Waals surface area contributed by atoms with Crippen LogP contribution < -0.4 is 0 Å². The predicted molar refractivity (Wildman–Crippen MR) is 33.4 cm³/mol. The fraction of sp³-hybridized carbons (Fsp3) is 0.857. The van der Waals surface area contributed by atoms with Crippen LogP contribution in [0.25, 0.3) is 0 Å². The Morgan fingerprint density at radius 1 is 1.30 bits per heavy atom. The van der Waals surface area contributed by atoms with Gasteiger partial charge in [-0.25, -0.2) is 0 Å². The van der Waals surface area contributed by atoms with Gasteiger partial charge in [0.25, 0.3) is 0 Å². The lowest BCUT2D eigenvalue weighted by molar-refractivity contribution is -0.196. The second-order valence-corrected chi connectivity index (χ2v) is 2.97. The van der Waals surface area contributed by atoms with E-state index in [1.54, 1.807) is 0 Å². The molecule has 0 aromatic heterocycles. The lowest BCUT2D eigenvalue weighted by Crippen LogP contribution is -2.51. The largest absolute Gasteiger partial charge is 0.464 e. The molecule has 2 saturated heterocycles. The Kier molecular flexibility index (Phi) is 1.20. The Balaban J connectivity index is 2.06. The number of hydrogen-bond donors (Lipinski definition) is 0. The van der Waals surface area contributed by atoms with Crippen molar-refractivity contribution in [2.24, 2.45) is 5.41 Å². The van der Waals surface area contributed by atoms with E-state index in [0.29, 0.717) is 6.61 Å². The summed E-state index contributed by atoms with van der Waals surface area (Å²) in [6.45, 7) is 2.05. The van der Waals surface area contributed by atoms with Crippen LogP contribution in [0.2, 0.25) is 0 Å². The highest BCUT2D eigenvalue weighted by molar-refractivity contribution is 5.81. The van der Waals surface area contributed by atoms with Gasteiger partial charge in [0, 0.05) is 13.2 Å². The molecule has 0 aromatic rings. The van der Waals surface area contributed by atoms with Gasteiger partial charge in [-0.3, -0.25) is 4.79 Å². The summed E-state index contributed by atoms with van der Waals surface area (Å²) in [5.41, 5.74) is -0.127. The van der Waals surface area contributed by atoms with Crippen molar-refractivity contribution in [1.82, 2.24) is 0 Å². The molecule has 0 N–H and O–H groups in total. The molecule has 3 nitrogen and oxygen atoms in total. The zero-order chi connectivity index (χ0) is 7.03. The predicted octanol–water partition coefficient (Wildman–Crippen LogP) is 0.340. The molecule has 0 unspecified atom stereocenters. The number of esters is 1. The lowest BCUT2D eigenvalue weighted by atomic mass is 9.78. The molecular weight excluding hydrogens is 132 g/mol. The summed E-state index contributed by atoms with van der Waals surface area (Å²) in [5.74, 6) is -0.0178. The minimum atomic E-state index is -0.127. The van der Waals surface area contributed by atoms with E-state index in [4.69, 9.17) is 9.47 Å². The molecule has 0 amide bonds. The van der Waals surface area contributed by atoms with E-state index in [9.17, 15) is 4.79 Å². The number of carbonyl (C=O) groups is 1. The average molecular weight is 142 g/mol. The fourth-order valence-corrected chi connectivity index (χ4v) is 1.45. The number of cyclic esters (lactones) is 1. The number of ether oxygens (including phenoxy) is 2. The normalized spacial score (nSPS) is 29.4. The van der Waals surface area contributed by atoms with Crippen molar-refractivity contribution in [1.29, 1.82) is 0 Å². The van der Waals surface area contributed by atoms with Gasteiger partial charge in [-0.15, -0.1) is 0 Å². The van der Waals surface area contributed by atoms with Crippen molar-refractivity contribution in [2.45, 2.75) is 12.8 Å². The van der Waals surface area contributed by atoms with E-state index >= 15 is 0 Å². The Bertz CT molecular complexity index is 158. The van der Waals surface area contributed by atoms with Gasteiger partial charge >= 0.3 is 5.97 Å². The second-order valence-electron chi connectivity index (χ2n) is 2.97. The molecule has 2 aliphatic heterocycles. The lowest BCUT2D eigenvalue weighted by Gasteiger charge is -2.41. The molecule has 10 heavy (non-hydrogen) atoms. The summed E-state index contributed by atoms with van der Waals surface area (Å²) in [6, 6.07) is 0. The van der Waals surface area contributed by atoms with E-state index in [1.807, 2.05) is 0 Å². The third-order valence-corrected chi connectivity index (χ3v) is 2.36. The maximum absolute atomic E-state index is 10.9. The molecular formula is C7H10O3. The van der Waals surface area contributed by atoms with Gasteiger partial charge in [0.2, 0.25) is 0 Å². The summed E-state index contributed by atoms with van der Waals surface area (Å²) in [5, 5.41) is 0. The van der Waals surface area contributed by atoms with Crippen LogP contribution in [0.15, 0.2) is 0 Å². The Morgan fingerprint density at radius 3 is 2.30 bits per heavy atom. The van der Waals surface area contributed by atoms with Gasteiger partial charge in [0.15, 0.2) is 0 Å². The second kappa shape index (κ2) is 1.95. The van der Waals surface area contributed by atoms with Crippen molar-refractivity contribution in [3.8, 4) is 0 Å². The molecule has 0 radical (unpaired) electrons. The summed E-state index contributed by atoms with van der Waals surface area (Å²) < 4.78 is 9.87. The van der Waals surface area contributed by atoms with Crippen molar-refractivity contribution < 1.29 is 14.3 Å². The molecule has 2 fully saturated rings. The van der Waals surface area contributed by atoms with E-state index in [2.05, 4.69) is 0 Å². The Hall–Kier alpha value is -0.570. The Labute approximate surface area is 59.3 Å². The highest BCUT2D eigenvalue weighted by Gasteiger charge is 2.49. The van der Waals surface area contributed by atoms with Crippen LogP contribution in [0.4, 0.5) is 0 Å². The van der Waals surface area contributed by atoms with Crippen LogP contribution in [-0.2, 0) is 14.3 Å². The van der Waals surface area contributed by atoms with E-state index in [0.717, 1.165) is 26.1 Å². The monoisotopic (exact) mass is 142 g/mol. The first-order chi connectivity index (χ1) is 4.83. The molecule has 3 heteroatoms. The molecule has 2 heterocycles.